The van der Waals surface area contributed by atoms with Crippen molar-refractivity contribution < 1.29 is 0 Å². The molecule has 0 N–H and O–H groups in total. The molecule has 1 rings (SSSR count). The van der Waals surface area contributed by atoms with E-state index < -0.39 is 0 Å². The van der Waals surface area contributed by atoms with Gasteiger partial charge in [0.15, 0.2) is 0 Å². The van der Waals surface area contributed by atoms with Crippen molar-refractivity contribution in [2.75, 3.05) is 5.75 Å². The summed E-state index contributed by atoms with van der Waals surface area (Å²) in [7, 11) is 0. The summed E-state index contributed by atoms with van der Waals surface area (Å²) in [5.74, 6) is 1.12. The molecule has 0 radical (unpaired) electrons. The summed E-state index contributed by atoms with van der Waals surface area (Å²) in [4.78, 5) is 1.38. The Labute approximate surface area is 116 Å². The standard InChI is InChI=1S/C14H17IS/c1-4-16-13-10-6-9-12(14(13)15)8-5-7-11(2)3/h5-10H,4H2,1-3H3/b8-5-. The van der Waals surface area contributed by atoms with Crippen LogP contribution in [0.25, 0.3) is 6.08 Å². The molecule has 0 unspecified atom stereocenters. The normalized spacial score (nSPS) is 10.8. The van der Waals surface area contributed by atoms with E-state index in [9.17, 15) is 0 Å². The molecule has 0 amide bonds. The van der Waals surface area contributed by atoms with Gasteiger partial charge in [-0.05, 0) is 53.8 Å². The molecular formula is C14H17IS. The van der Waals surface area contributed by atoms with Gasteiger partial charge in [-0.15, -0.1) is 11.8 Å². The van der Waals surface area contributed by atoms with Crippen LogP contribution in [0, 0.1) is 3.57 Å². The van der Waals surface area contributed by atoms with E-state index in [-0.39, 0.29) is 0 Å². The van der Waals surface area contributed by atoms with Crippen molar-refractivity contribution in [2.45, 2.75) is 25.7 Å². The van der Waals surface area contributed by atoms with Gasteiger partial charge in [-0.3, -0.25) is 0 Å². The summed E-state index contributed by atoms with van der Waals surface area (Å²) >= 11 is 4.33. The number of rotatable bonds is 4. The van der Waals surface area contributed by atoms with Gasteiger partial charge < -0.3 is 0 Å². The average Bonchev–Trinajstić information content (AvgIpc) is 2.23. The Balaban J connectivity index is 2.93. The molecular weight excluding hydrogens is 327 g/mol. The van der Waals surface area contributed by atoms with Crippen LogP contribution in [0.3, 0.4) is 0 Å². The minimum absolute atomic E-state index is 1.12. The Hall–Kier alpha value is -0.220. The zero-order valence-corrected chi connectivity index (χ0v) is 12.9. The SMILES string of the molecule is CCSc1cccc(/C=C\C=C(C)C)c1I. The monoisotopic (exact) mass is 344 g/mol. The van der Waals surface area contributed by atoms with Gasteiger partial charge in [0.1, 0.15) is 0 Å². The Morgan fingerprint density at radius 2 is 2.12 bits per heavy atom. The minimum Gasteiger partial charge on any atom is -0.125 e. The number of hydrogen-bond acceptors (Lipinski definition) is 1. The molecule has 0 saturated carbocycles. The quantitative estimate of drug-likeness (QED) is 0.401. The number of halogens is 1. The fraction of sp³-hybridized carbons (Fsp3) is 0.286. The zero-order valence-electron chi connectivity index (χ0n) is 9.96. The van der Waals surface area contributed by atoms with Gasteiger partial charge in [0.2, 0.25) is 0 Å². The highest BCUT2D eigenvalue weighted by Gasteiger charge is 2.02. The molecule has 0 aliphatic rings. The molecule has 16 heavy (non-hydrogen) atoms. The Kier molecular flexibility index (Phi) is 6.21. The lowest BCUT2D eigenvalue weighted by atomic mass is 10.2. The van der Waals surface area contributed by atoms with Crippen molar-refractivity contribution in [3.05, 3.63) is 45.1 Å². The van der Waals surface area contributed by atoms with Gasteiger partial charge in [-0.25, -0.2) is 0 Å². The van der Waals surface area contributed by atoms with Crippen LogP contribution in [0.1, 0.15) is 26.3 Å². The van der Waals surface area contributed by atoms with Gasteiger partial charge in [-0.1, -0.05) is 42.9 Å². The van der Waals surface area contributed by atoms with Crippen molar-refractivity contribution in [1.29, 1.82) is 0 Å². The van der Waals surface area contributed by atoms with Crippen molar-refractivity contribution >= 4 is 40.4 Å². The highest BCUT2D eigenvalue weighted by Crippen LogP contribution is 2.27. The fourth-order valence-electron chi connectivity index (χ4n) is 1.27. The molecule has 0 aliphatic heterocycles. The molecule has 0 saturated heterocycles. The maximum Gasteiger partial charge on any atom is 0.0338 e. The number of thioether (sulfide) groups is 1. The van der Waals surface area contributed by atoms with Gasteiger partial charge >= 0.3 is 0 Å². The molecule has 0 heterocycles. The summed E-state index contributed by atoms with van der Waals surface area (Å²) in [5.41, 5.74) is 2.63. The van der Waals surface area contributed by atoms with E-state index in [1.165, 1.54) is 19.6 Å². The van der Waals surface area contributed by atoms with E-state index in [1.54, 1.807) is 0 Å². The smallest absolute Gasteiger partial charge is 0.0338 e. The topological polar surface area (TPSA) is 0 Å². The second kappa shape index (κ2) is 7.17. The fourth-order valence-corrected chi connectivity index (χ4v) is 3.00. The van der Waals surface area contributed by atoms with Crippen LogP contribution in [-0.2, 0) is 0 Å². The molecule has 86 valence electrons. The maximum atomic E-state index is 2.43. The highest BCUT2D eigenvalue weighted by atomic mass is 127. The van der Waals surface area contributed by atoms with E-state index in [0.717, 1.165) is 5.75 Å². The summed E-state index contributed by atoms with van der Waals surface area (Å²) in [6, 6.07) is 6.48. The maximum absolute atomic E-state index is 2.43. The van der Waals surface area contributed by atoms with Crippen molar-refractivity contribution in [2.24, 2.45) is 0 Å². The highest BCUT2D eigenvalue weighted by molar-refractivity contribution is 14.1. The third kappa shape index (κ3) is 4.34. The molecule has 0 atom stereocenters. The third-order valence-electron chi connectivity index (χ3n) is 2.00. The van der Waals surface area contributed by atoms with Crippen LogP contribution < -0.4 is 0 Å². The van der Waals surface area contributed by atoms with Gasteiger partial charge in [0.05, 0.1) is 0 Å². The van der Waals surface area contributed by atoms with Crippen LogP contribution in [-0.4, -0.2) is 5.75 Å². The van der Waals surface area contributed by atoms with Crippen molar-refractivity contribution in [3.63, 3.8) is 0 Å². The molecule has 0 fully saturated rings. The second-order valence-corrected chi connectivity index (χ2v) is 6.08. The summed E-state index contributed by atoms with van der Waals surface area (Å²) in [6.45, 7) is 6.41. The Bertz CT molecular complexity index is 401. The minimum atomic E-state index is 1.12. The lowest BCUT2D eigenvalue weighted by molar-refractivity contribution is 1.36. The average molecular weight is 344 g/mol. The predicted octanol–water partition coefficient (Wildman–Crippen LogP) is 5.38. The predicted molar refractivity (Wildman–Crippen MR) is 84.0 cm³/mol. The molecule has 1 aromatic rings. The van der Waals surface area contributed by atoms with Crippen molar-refractivity contribution in [3.8, 4) is 0 Å². The zero-order chi connectivity index (χ0) is 12.0. The second-order valence-electron chi connectivity index (χ2n) is 3.70. The van der Waals surface area contributed by atoms with Crippen molar-refractivity contribution in [1.82, 2.24) is 0 Å². The van der Waals surface area contributed by atoms with Gasteiger partial charge in [0.25, 0.3) is 0 Å². The molecule has 0 spiro atoms. The van der Waals surface area contributed by atoms with E-state index in [0.29, 0.717) is 0 Å². The molecule has 0 aromatic heterocycles. The number of benzene rings is 1. The first-order chi connectivity index (χ1) is 7.65. The first-order valence-corrected chi connectivity index (χ1v) is 7.44. The largest absolute Gasteiger partial charge is 0.125 e. The molecule has 1 aromatic carbocycles. The lowest BCUT2D eigenvalue weighted by Crippen LogP contribution is -1.84. The summed E-state index contributed by atoms with van der Waals surface area (Å²) in [5, 5.41) is 0. The Morgan fingerprint density at radius 3 is 2.75 bits per heavy atom. The van der Waals surface area contributed by atoms with Crippen LogP contribution in [0.15, 0.2) is 40.8 Å². The van der Waals surface area contributed by atoms with E-state index in [4.69, 9.17) is 0 Å². The Morgan fingerprint density at radius 1 is 1.38 bits per heavy atom. The molecule has 0 aliphatic carbocycles. The van der Waals surface area contributed by atoms with E-state index >= 15 is 0 Å². The van der Waals surface area contributed by atoms with E-state index in [2.05, 4.69) is 79.8 Å². The number of allylic oxidation sites excluding steroid dienone is 3. The first-order valence-electron chi connectivity index (χ1n) is 5.38. The number of hydrogen-bond donors (Lipinski definition) is 0. The van der Waals surface area contributed by atoms with Crippen LogP contribution >= 0.6 is 34.4 Å². The van der Waals surface area contributed by atoms with E-state index in [1.807, 2.05) is 11.8 Å². The summed E-state index contributed by atoms with van der Waals surface area (Å²) in [6.07, 6.45) is 6.43. The molecule has 0 bridgehead atoms. The third-order valence-corrected chi connectivity index (χ3v) is 4.51. The summed E-state index contributed by atoms with van der Waals surface area (Å²) < 4.78 is 1.35. The first kappa shape index (κ1) is 13.8. The van der Waals surface area contributed by atoms with Crippen LogP contribution in [0.5, 0.6) is 0 Å². The molecule has 0 nitrogen and oxygen atoms in total. The molecule has 2 heteroatoms. The lowest BCUT2D eigenvalue weighted by Gasteiger charge is -2.05. The van der Waals surface area contributed by atoms with Crippen LogP contribution in [0.2, 0.25) is 0 Å². The van der Waals surface area contributed by atoms with Gasteiger partial charge in [-0.2, -0.15) is 0 Å². The van der Waals surface area contributed by atoms with Gasteiger partial charge in [0, 0.05) is 8.47 Å². The van der Waals surface area contributed by atoms with Crippen LogP contribution in [0.4, 0.5) is 0 Å².